The highest BCUT2D eigenvalue weighted by Crippen LogP contribution is 2.15. The molecule has 6 nitrogen and oxygen atoms in total. The third kappa shape index (κ3) is 6.59. The van der Waals surface area contributed by atoms with E-state index in [-0.39, 0.29) is 5.54 Å². The van der Waals surface area contributed by atoms with Crippen LogP contribution < -0.4 is 10.6 Å². The maximum atomic E-state index is 5.46. The number of nitrogens with one attached hydrogen (secondary N) is 2. The standard InChI is InChI=1S/C20H34N4O2/c1-5-21-19(22-14-17-6-8-18(9-7-17)15-25-4)23-16-20(2,3)24-10-12-26-13-11-24/h6-9H,5,10-16H2,1-4H3,(H2,21,22,23). The molecule has 146 valence electrons. The van der Waals surface area contributed by atoms with Crippen LogP contribution in [0.4, 0.5) is 0 Å². The monoisotopic (exact) mass is 362 g/mol. The van der Waals surface area contributed by atoms with E-state index in [1.165, 1.54) is 11.1 Å². The number of methoxy groups -OCH3 is 1. The smallest absolute Gasteiger partial charge is 0.191 e. The molecular formula is C20H34N4O2. The molecule has 6 heteroatoms. The van der Waals surface area contributed by atoms with Gasteiger partial charge in [-0.2, -0.15) is 0 Å². The summed E-state index contributed by atoms with van der Waals surface area (Å²) in [6.07, 6.45) is 0. The second kappa shape index (κ2) is 10.5. The van der Waals surface area contributed by atoms with Crippen LogP contribution in [0, 0.1) is 0 Å². The van der Waals surface area contributed by atoms with E-state index in [0.717, 1.165) is 45.4 Å². The molecule has 1 aromatic rings. The highest BCUT2D eigenvalue weighted by Gasteiger charge is 2.28. The zero-order valence-electron chi connectivity index (χ0n) is 16.7. The summed E-state index contributed by atoms with van der Waals surface area (Å²) in [5.74, 6) is 0.856. The van der Waals surface area contributed by atoms with Crippen molar-refractivity contribution in [3.63, 3.8) is 0 Å². The van der Waals surface area contributed by atoms with E-state index >= 15 is 0 Å². The molecule has 0 aliphatic carbocycles. The van der Waals surface area contributed by atoms with E-state index in [4.69, 9.17) is 14.5 Å². The van der Waals surface area contributed by atoms with E-state index in [0.29, 0.717) is 13.2 Å². The third-order valence-electron chi connectivity index (χ3n) is 4.65. The Morgan fingerprint density at radius 3 is 2.42 bits per heavy atom. The molecule has 0 aromatic heterocycles. The van der Waals surface area contributed by atoms with Crippen molar-refractivity contribution in [2.24, 2.45) is 4.99 Å². The molecule has 1 aliphatic heterocycles. The topological polar surface area (TPSA) is 58.1 Å². The van der Waals surface area contributed by atoms with E-state index in [1.54, 1.807) is 7.11 Å². The first kappa shape index (κ1) is 20.7. The molecule has 1 aliphatic rings. The summed E-state index contributed by atoms with van der Waals surface area (Å²) in [6.45, 7) is 13.2. The molecule has 0 spiro atoms. The van der Waals surface area contributed by atoms with Gasteiger partial charge in [0.25, 0.3) is 0 Å². The first-order valence-electron chi connectivity index (χ1n) is 9.47. The van der Waals surface area contributed by atoms with Crippen LogP contribution in [0.5, 0.6) is 0 Å². The van der Waals surface area contributed by atoms with Crippen LogP contribution in [0.3, 0.4) is 0 Å². The number of nitrogens with zero attached hydrogens (tertiary/aromatic N) is 2. The summed E-state index contributed by atoms with van der Waals surface area (Å²) < 4.78 is 10.6. The van der Waals surface area contributed by atoms with E-state index in [2.05, 4.69) is 60.6 Å². The molecule has 0 saturated carbocycles. The van der Waals surface area contributed by atoms with Crippen LogP contribution in [0.1, 0.15) is 31.9 Å². The Labute approximate surface area is 158 Å². The second-order valence-electron chi connectivity index (χ2n) is 7.21. The maximum absolute atomic E-state index is 5.46. The number of ether oxygens (including phenoxy) is 2. The molecule has 2 N–H and O–H groups in total. The van der Waals surface area contributed by atoms with Crippen LogP contribution in [0.2, 0.25) is 0 Å². The number of morpholine rings is 1. The molecule has 0 amide bonds. The van der Waals surface area contributed by atoms with Gasteiger partial charge >= 0.3 is 0 Å². The van der Waals surface area contributed by atoms with Crippen molar-refractivity contribution in [2.45, 2.75) is 39.5 Å². The summed E-state index contributed by atoms with van der Waals surface area (Å²) in [5.41, 5.74) is 2.42. The minimum absolute atomic E-state index is 0.0573. The quantitative estimate of drug-likeness (QED) is 0.547. The number of rotatable bonds is 8. The van der Waals surface area contributed by atoms with Gasteiger partial charge in [0.1, 0.15) is 0 Å². The minimum atomic E-state index is 0.0573. The SMILES string of the molecule is CCNC(=NCc1ccc(COC)cc1)NCC(C)(C)N1CCOCC1. The van der Waals surface area contributed by atoms with Crippen LogP contribution in [0.15, 0.2) is 29.3 Å². The summed E-state index contributed by atoms with van der Waals surface area (Å²) in [4.78, 5) is 7.20. The number of hydrogen-bond acceptors (Lipinski definition) is 4. The molecular weight excluding hydrogens is 328 g/mol. The Balaban J connectivity index is 1.90. The lowest BCUT2D eigenvalue weighted by molar-refractivity contribution is -0.00834. The van der Waals surface area contributed by atoms with Crippen LogP contribution in [-0.4, -0.2) is 62.9 Å². The fraction of sp³-hybridized carbons (Fsp3) is 0.650. The number of guanidine groups is 1. The maximum Gasteiger partial charge on any atom is 0.191 e. The van der Waals surface area contributed by atoms with Crippen molar-refractivity contribution in [1.29, 1.82) is 0 Å². The van der Waals surface area contributed by atoms with Gasteiger partial charge < -0.3 is 20.1 Å². The van der Waals surface area contributed by atoms with Gasteiger partial charge in [-0.05, 0) is 31.9 Å². The molecule has 0 unspecified atom stereocenters. The summed E-state index contributed by atoms with van der Waals surface area (Å²) in [6, 6.07) is 8.41. The Morgan fingerprint density at radius 2 is 1.81 bits per heavy atom. The largest absolute Gasteiger partial charge is 0.380 e. The molecule has 0 bridgehead atoms. The Hall–Kier alpha value is -1.63. The predicted molar refractivity (Wildman–Crippen MR) is 106 cm³/mol. The molecule has 0 atom stereocenters. The average Bonchev–Trinajstić information content (AvgIpc) is 2.66. The minimum Gasteiger partial charge on any atom is -0.380 e. The zero-order chi connectivity index (χ0) is 18.8. The first-order chi connectivity index (χ1) is 12.5. The van der Waals surface area contributed by atoms with E-state index in [9.17, 15) is 0 Å². The fourth-order valence-corrected chi connectivity index (χ4v) is 3.00. The number of hydrogen-bond donors (Lipinski definition) is 2. The van der Waals surface area contributed by atoms with Crippen LogP contribution >= 0.6 is 0 Å². The predicted octanol–water partition coefficient (Wildman–Crippen LogP) is 2.00. The van der Waals surface area contributed by atoms with Crippen molar-refractivity contribution >= 4 is 5.96 Å². The Morgan fingerprint density at radius 1 is 1.15 bits per heavy atom. The van der Waals surface area contributed by atoms with Crippen molar-refractivity contribution < 1.29 is 9.47 Å². The van der Waals surface area contributed by atoms with E-state index in [1.807, 2.05) is 0 Å². The van der Waals surface area contributed by atoms with Gasteiger partial charge in [-0.3, -0.25) is 4.90 Å². The summed E-state index contributed by atoms with van der Waals surface area (Å²) >= 11 is 0. The molecule has 1 aromatic carbocycles. The van der Waals surface area contributed by atoms with Crippen molar-refractivity contribution in [3.8, 4) is 0 Å². The number of benzene rings is 1. The number of aliphatic imine (C=N–C) groups is 1. The Bertz CT molecular complexity index is 551. The van der Waals surface area contributed by atoms with Crippen LogP contribution in [-0.2, 0) is 22.6 Å². The lowest BCUT2D eigenvalue weighted by Crippen LogP contribution is -2.56. The van der Waals surface area contributed by atoms with Crippen molar-refractivity contribution in [1.82, 2.24) is 15.5 Å². The van der Waals surface area contributed by atoms with E-state index < -0.39 is 0 Å². The second-order valence-corrected chi connectivity index (χ2v) is 7.21. The van der Waals surface area contributed by atoms with Gasteiger partial charge in [-0.1, -0.05) is 24.3 Å². The summed E-state index contributed by atoms with van der Waals surface area (Å²) in [7, 11) is 1.71. The first-order valence-corrected chi connectivity index (χ1v) is 9.47. The van der Waals surface area contributed by atoms with Gasteiger partial charge in [0, 0.05) is 38.8 Å². The Kier molecular flexibility index (Phi) is 8.35. The average molecular weight is 363 g/mol. The van der Waals surface area contributed by atoms with Crippen molar-refractivity contribution in [2.75, 3.05) is 46.5 Å². The highest BCUT2D eigenvalue weighted by molar-refractivity contribution is 5.79. The molecule has 1 heterocycles. The zero-order valence-corrected chi connectivity index (χ0v) is 16.7. The van der Waals surface area contributed by atoms with Gasteiger partial charge in [0.2, 0.25) is 0 Å². The molecule has 2 rings (SSSR count). The van der Waals surface area contributed by atoms with Gasteiger partial charge in [-0.25, -0.2) is 4.99 Å². The van der Waals surface area contributed by atoms with Gasteiger partial charge in [0.15, 0.2) is 5.96 Å². The summed E-state index contributed by atoms with van der Waals surface area (Å²) in [5, 5.41) is 6.83. The molecule has 0 radical (unpaired) electrons. The van der Waals surface area contributed by atoms with Crippen LogP contribution in [0.25, 0.3) is 0 Å². The van der Waals surface area contributed by atoms with Gasteiger partial charge in [0.05, 0.1) is 26.4 Å². The van der Waals surface area contributed by atoms with Gasteiger partial charge in [-0.15, -0.1) is 0 Å². The highest BCUT2D eigenvalue weighted by atomic mass is 16.5. The molecule has 26 heavy (non-hydrogen) atoms. The molecule has 1 fully saturated rings. The van der Waals surface area contributed by atoms with Crippen molar-refractivity contribution in [3.05, 3.63) is 35.4 Å². The fourth-order valence-electron chi connectivity index (χ4n) is 3.00. The molecule has 1 saturated heterocycles. The normalized spacial score (nSPS) is 16.5. The third-order valence-corrected chi connectivity index (χ3v) is 4.65. The lowest BCUT2D eigenvalue weighted by Gasteiger charge is -2.41. The lowest BCUT2D eigenvalue weighted by atomic mass is 10.0.